The molecule has 0 saturated carbocycles. The average molecular weight is 345 g/mol. The molecule has 5 nitrogen and oxygen atoms in total. The summed E-state index contributed by atoms with van der Waals surface area (Å²) in [6.07, 6.45) is 0. The molecular weight excluding hydrogens is 328 g/mol. The zero-order valence-corrected chi connectivity index (χ0v) is 14.1. The van der Waals surface area contributed by atoms with E-state index in [0.29, 0.717) is 16.5 Å². The Kier molecular flexibility index (Phi) is 6.35. The molecule has 0 spiro atoms. The van der Waals surface area contributed by atoms with E-state index in [1.54, 1.807) is 25.3 Å². The standard InChI is InChI=1S/C18H17ClN2O3/c1-23-15-8-5-13(6-9-15)4-3-11-20-18(22)21-16-12-14(19)7-10-17(16)24-2/h5-10,12H,11H2,1-2H3,(H2,20,21,22). The maximum atomic E-state index is 11.9. The van der Waals surface area contributed by atoms with Crippen LogP contribution in [0.5, 0.6) is 11.5 Å². The molecule has 0 atom stereocenters. The van der Waals surface area contributed by atoms with E-state index in [1.807, 2.05) is 24.3 Å². The maximum Gasteiger partial charge on any atom is 0.320 e. The van der Waals surface area contributed by atoms with Gasteiger partial charge in [0.15, 0.2) is 0 Å². The van der Waals surface area contributed by atoms with Crippen LogP contribution < -0.4 is 20.1 Å². The molecule has 0 fully saturated rings. The third-order valence-electron chi connectivity index (χ3n) is 3.07. The van der Waals surface area contributed by atoms with Crippen LogP contribution in [0.15, 0.2) is 42.5 Å². The number of anilines is 1. The Labute approximate surface area is 145 Å². The highest BCUT2D eigenvalue weighted by Crippen LogP contribution is 2.27. The Balaban J connectivity index is 1.88. The number of hydrogen-bond acceptors (Lipinski definition) is 3. The number of urea groups is 1. The fraction of sp³-hybridized carbons (Fsp3) is 0.167. The van der Waals surface area contributed by atoms with Crippen molar-refractivity contribution >= 4 is 23.3 Å². The number of hydrogen-bond donors (Lipinski definition) is 2. The number of methoxy groups -OCH3 is 2. The first kappa shape index (κ1) is 17.5. The van der Waals surface area contributed by atoms with E-state index in [0.717, 1.165) is 11.3 Å². The molecule has 6 heteroatoms. The van der Waals surface area contributed by atoms with Crippen LogP contribution in [0.4, 0.5) is 10.5 Å². The van der Waals surface area contributed by atoms with E-state index in [4.69, 9.17) is 21.1 Å². The Morgan fingerprint density at radius 2 is 1.88 bits per heavy atom. The van der Waals surface area contributed by atoms with Crippen molar-refractivity contribution in [2.24, 2.45) is 0 Å². The van der Waals surface area contributed by atoms with Crippen LogP contribution in [-0.4, -0.2) is 26.8 Å². The van der Waals surface area contributed by atoms with E-state index < -0.39 is 0 Å². The lowest BCUT2D eigenvalue weighted by Crippen LogP contribution is -2.29. The summed E-state index contributed by atoms with van der Waals surface area (Å²) in [7, 11) is 3.13. The smallest absolute Gasteiger partial charge is 0.320 e. The summed E-state index contributed by atoms with van der Waals surface area (Å²) in [5.74, 6) is 7.13. The fourth-order valence-electron chi connectivity index (χ4n) is 1.89. The number of amides is 2. The van der Waals surface area contributed by atoms with E-state index >= 15 is 0 Å². The van der Waals surface area contributed by atoms with Crippen LogP contribution >= 0.6 is 11.6 Å². The topological polar surface area (TPSA) is 59.6 Å². The zero-order valence-electron chi connectivity index (χ0n) is 13.4. The van der Waals surface area contributed by atoms with E-state index in [2.05, 4.69) is 22.5 Å². The summed E-state index contributed by atoms with van der Waals surface area (Å²) in [5.41, 5.74) is 1.33. The summed E-state index contributed by atoms with van der Waals surface area (Å²) in [6.45, 7) is 0.209. The van der Waals surface area contributed by atoms with E-state index in [9.17, 15) is 4.79 Å². The van der Waals surface area contributed by atoms with E-state index in [1.165, 1.54) is 7.11 Å². The molecule has 0 saturated heterocycles. The highest BCUT2D eigenvalue weighted by Gasteiger charge is 2.07. The third kappa shape index (κ3) is 5.11. The van der Waals surface area contributed by atoms with Gasteiger partial charge in [-0.15, -0.1) is 0 Å². The van der Waals surface area contributed by atoms with Crippen molar-refractivity contribution in [3.63, 3.8) is 0 Å². The van der Waals surface area contributed by atoms with Crippen molar-refractivity contribution in [2.45, 2.75) is 0 Å². The van der Waals surface area contributed by atoms with Gasteiger partial charge in [-0.3, -0.25) is 0 Å². The molecule has 0 bridgehead atoms. The number of rotatable bonds is 4. The van der Waals surface area contributed by atoms with Gasteiger partial charge in [-0.2, -0.15) is 0 Å². The molecule has 0 aliphatic carbocycles. The molecule has 2 aromatic rings. The van der Waals surface area contributed by atoms with Gasteiger partial charge in [-0.1, -0.05) is 23.4 Å². The average Bonchev–Trinajstić information content (AvgIpc) is 2.59. The highest BCUT2D eigenvalue weighted by molar-refractivity contribution is 6.31. The molecule has 0 aliphatic rings. The first-order valence-corrected chi connectivity index (χ1v) is 7.51. The molecule has 2 N–H and O–H groups in total. The second-order valence-electron chi connectivity index (χ2n) is 4.68. The number of carbonyl (C=O) groups is 1. The molecule has 0 heterocycles. The van der Waals surface area contributed by atoms with Gasteiger partial charge in [0, 0.05) is 10.6 Å². The summed E-state index contributed by atoms with van der Waals surface area (Å²) >= 11 is 5.91. The fourth-order valence-corrected chi connectivity index (χ4v) is 2.06. The molecule has 24 heavy (non-hydrogen) atoms. The van der Waals surface area contributed by atoms with Crippen LogP contribution in [0, 0.1) is 11.8 Å². The Hall–Kier alpha value is -2.84. The lowest BCUT2D eigenvalue weighted by molar-refractivity contribution is 0.253. The number of carbonyl (C=O) groups excluding carboxylic acids is 1. The minimum absolute atomic E-state index is 0.209. The van der Waals surface area contributed by atoms with Crippen LogP contribution in [0.25, 0.3) is 0 Å². The monoisotopic (exact) mass is 344 g/mol. The minimum Gasteiger partial charge on any atom is -0.497 e. The number of ether oxygens (including phenoxy) is 2. The van der Waals surface area contributed by atoms with E-state index in [-0.39, 0.29) is 12.6 Å². The number of benzene rings is 2. The third-order valence-corrected chi connectivity index (χ3v) is 3.30. The lowest BCUT2D eigenvalue weighted by Gasteiger charge is -2.10. The molecule has 2 rings (SSSR count). The quantitative estimate of drug-likeness (QED) is 0.834. The zero-order chi connectivity index (χ0) is 17.4. The Morgan fingerprint density at radius 1 is 1.12 bits per heavy atom. The molecule has 2 amide bonds. The summed E-state index contributed by atoms with van der Waals surface area (Å²) in [4.78, 5) is 11.9. The van der Waals surface area contributed by atoms with Gasteiger partial charge < -0.3 is 20.1 Å². The van der Waals surface area contributed by atoms with Crippen LogP contribution in [0.1, 0.15) is 5.56 Å². The highest BCUT2D eigenvalue weighted by atomic mass is 35.5. The largest absolute Gasteiger partial charge is 0.497 e. The first-order chi connectivity index (χ1) is 11.6. The van der Waals surface area contributed by atoms with Crippen molar-refractivity contribution < 1.29 is 14.3 Å². The van der Waals surface area contributed by atoms with Crippen LogP contribution in [-0.2, 0) is 0 Å². The maximum absolute atomic E-state index is 11.9. The van der Waals surface area contributed by atoms with Gasteiger partial charge in [0.25, 0.3) is 0 Å². The Morgan fingerprint density at radius 3 is 2.54 bits per heavy atom. The van der Waals surface area contributed by atoms with Gasteiger partial charge in [0.2, 0.25) is 0 Å². The molecule has 0 aromatic heterocycles. The number of halogens is 1. The van der Waals surface area contributed by atoms with Gasteiger partial charge >= 0.3 is 6.03 Å². The van der Waals surface area contributed by atoms with Crippen molar-refractivity contribution in [1.29, 1.82) is 0 Å². The summed E-state index contributed by atoms with van der Waals surface area (Å²) in [5, 5.41) is 5.82. The number of nitrogens with one attached hydrogen (secondary N) is 2. The van der Waals surface area contributed by atoms with Crippen LogP contribution in [0.2, 0.25) is 5.02 Å². The molecule has 0 aliphatic heterocycles. The Bertz CT molecular complexity index is 764. The molecule has 0 unspecified atom stereocenters. The van der Waals surface area contributed by atoms with Crippen LogP contribution in [0.3, 0.4) is 0 Å². The van der Waals surface area contributed by atoms with Crippen molar-refractivity contribution in [1.82, 2.24) is 5.32 Å². The SMILES string of the molecule is COc1ccc(C#CCNC(=O)Nc2cc(Cl)ccc2OC)cc1. The van der Waals surface area contributed by atoms with Gasteiger partial charge in [-0.05, 0) is 42.5 Å². The summed E-state index contributed by atoms with van der Waals surface area (Å²) in [6, 6.07) is 11.9. The van der Waals surface area contributed by atoms with Crippen molar-refractivity contribution in [3.8, 4) is 23.3 Å². The minimum atomic E-state index is -0.389. The van der Waals surface area contributed by atoms with Gasteiger partial charge in [0.05, 0.1) is 26.5 Å². The second kappa shape index (κ2) is 8.70. The second-order valence-corrected chi connectivity index (χ2v) is 5.12. The molecule has 124 valence electrons. The van der Waals surface area contributed by atoms with Crippen molar-refractivity contribution in [2.75, 3.05) is 26.1 Å². The predicted octanol–water partition coefficient (Wildman–Crippen LogP) is 3.53. The molecule has 2 aromatic carbocycles. The normalized spacial score (nSPS) is 9.46. The lowest BCUT2D eigenvalue weighted by atomic mass is 10.2. The first-order valence-electron chi connectivity index (χ1n) is 7.13. The molecule has 0 radical (unpaired) electrons. The van der Waals surface area contributed by atoms with Gasteiger partial charge in [0.1, 0.15) is 11.5 Å². The summed E-state index contributed by atoms with van der Waals surface area (Å²) < 4.78 is 10.2. The van der Waals surface area contributed by atoms with Crippen molar-refractivity contribution in [3.05, 3.63) is 53.1 Å². The van der Waals surface area contributed by atoms with Gasteiger partial charge in [-0.25, -0.2) is 4.79 Å². The predicted molar refractivity (Wildman–Crippen MR) is 94.9 cm³/mol. The molecular formula is C18H17ClN2O3.